The van der Waals surface area contributed by atoms with Gasteiger partial charge >= 0.3 is 0 Å². The fraction of sp³-hybridized carbons (Fsp3) is 0.360. The minimum absolute atomic E-state index is 0.654. The van der Waals surface area contributed by atoms with Crippen molar-refractivity contribution in [1.29, 1.82) is 0 Å². The first kappa shape index (κ1) is 20.6. The lowest BCUT2D eigenvalue weighted by Crippen LogP contribution is -2.37. The van der Waals surface area contributed by atoms with Crippen molar-refractivity contribution in [2.45, 2.75) is 20.3 Å². The Labute approximate surface area is 187 Å². The smallest absolute Gasteiger partial charge is 0.162 e. The first-order chi connectivity index (χ1) is 15.6. The molecule has 32 heavy (non-hydrogen) atoms. The maximum Gasteiger partial charge on any atom is 0.162 e. The van der Waals surface area contributed by atoms with Gasteiger partial charge in [-0.3, -0.25) is 0 Å². The number of nitrogens with zero attached hydrogens (tertiary/aromatic N) is 3. The number of hydrogen-bond acceptors (Lipinski definition) is 6. The van der Waals surface area contributed by atoms with Crippen LogP contribution in [-0.4, -0.2) is 55.5 Å². The summed E-state index contributed by atoms with van der Waals surface area (Å²) in [4.78, 5) is 15.6. The number of H-pyrrole nitrogens is 1. The Kier molecular flexibility index (Phi) is 5.35. The lowest BCUT2D eigenvalue weighted by molar-refractivity contribution is 0.122. The zero-order valence-corrected chi connectivity index (χ0v) is 19.0. The average Bonchev–Trinajstić information content (AvgIpc) is 3.11. The second kappa shape index (κ2) is 8.31. The van der Waals surface area contributed by atoms with E-state index in [0.29, 0.717) is 31.1 Å². The summed E-state index contributed by atoms with van der Waals surface area (Å²) in [7, 11) is 3.29. The first-order valence-electron chi connectivity index (χ1n) is 10.9. The molecule has 0 aliphatic carbocycles. The van der Waals surface area contributed by atoms with Crippen LogP contribution in [0, 0.1) is 13.8 Å². The zero-order valence-electron chi connectivity index (χ0n) is 19.0. The van der Waals surface area contributed by atoms with Gasteiger partial charge in [0.15, 0.2) is 11.5 Å². The van der Waals surface area contributed by atoms with E-state index < -0.39 is 0 Å². The molecule has 3 heterocycles. The van der Waals surface area contributed by atoms with E-state index in [9.17, 15) is 0 Å². The van der Waals surface area contributed by atoms with E-state index in [-0.39, 0.29) is 0 Å². The SMILES string of the molecule is COc1cc2nc(Cc3ccc4[nH]c(C)c(C)c4c3)nc(N3CCOCC3)c2cc1OC. The number of aromatic nitrogens is 3. The van der Waals surface area contributed by atoms with E-state index in [1.165, 1.54) is 22.2 Å². The molecule has 2 aromatic heterocycles. The third-order valence-corrected chi connectivity index (χ3v) is 6.27. The molecule has 1 saturated heterocycles. The first-order valence-corrected chi connectivity index (χ1v) is 10.9. The molecular weight excluding hydrogens is 404 g/mol. The normalized spacial score (nSPS) is 14.3. The van der Waals surface area contributed by atoms with Gasteiger partial charge in [0, 0.05) is 47.6 Å². The van der Waals surface area contributed by atoms with Crippen LogP contribution in [0.1, 0.15) is 22.6 Å². The predicted octanol–water partition coefficient (Wildman–Crippen LogP) is 4.17. The van der Waals surface area contributed by atoms with Crippen LogP contribution in [-0.2, 0) is 11.2 Å². The number of aryl methyl sites for hydroxylation is 2. The number of benzene rings is 2. The van der Waals surface area contributed by atoms with Crippen molar-refractivity contribution < 1.29 is 14.2 Å². The third-order valence-electron chi connectivity index (χ3n) is 6.27. The summed E-state index contributed by atoms with van der Waals surface area (Å²) in [6, 6.07) is 10.4. The summed E-state index contributed by atoms with van der Waals surface area (Å²) >= 11 is 0. The third kappa shape index (κ3) is 3.62. The Morgan fingerprint density at radius 2 is 1.72 bits per heavy atom. The van der Waals surface area contributed by atoms with E-state index >= 15 is 0 Å². The standard InChI is InChI=1S/C25H28N4O3/c1-15-16(2)26-20-6-5-17(11-18(15)20)12-24-27-21-14-23(31-4)22(30-3)13-19(21)25(28-24)29-7-9-32-10-8-29/h5-6,11,13-14,26H,7-10,12H2,1-4H3. The highest BCUT2D eigenvalue weighted by Crippen LogP contribution is 2.35. The Morgan fingerprint density at radius 1 is 0.969 bits per heavy atom. The average molecular weight is 433 g/mol. The summed E-state index contributed by atoms with van der Waals surface area (Å²) in [5.74, 6) is 3.05. The Bertz CT molecular complexity index is 1290. The molecule has 166 valence electrons. The molecule has 0 unspecified atom stereocenters. The molecule has 5 rings (SSSR count). The van der Waals surface area contributed by atoms with Crippen LogP contribution in [0.25, 0.3) is 21.8 Å². The Balaban J connectivity index is 1.61. The van der Waals surface area contributed by atoms with Gasteiger partial charge in [0.1, 0.15) is 11.6 Å². The van der Waals surface area contributed by atoms with E-state index in [4.69, 9.17) is 24.2 Å². The predicted molar refractivity (Wildman–Crippen MR) is 126 cm³/mol. The summed E-state index contributed by atoms with van der Waals surface area (Å²) in [5.41, 5.74) is 5.69. The van der Waals surface area contributed by atoms with Gasteiger partial charge in [-0.2, -0.15) is 0 Å². The molecule has 0 radical (unpaired) electrons. The van der Waals surface area contributed by atoms with Crippen molar-refractivity contribution in [3.63, 3.8) is 0 Å². The molecule has 2 aromatic carbocycles. The summed E-state index contributed by atoms with van der Waals surface area (Å²) < 4.78 is 16.6. The van der Waals surface area contributed by atoms with Gasteiger partial charge in [-0.05, 0) is 43.2 Å². The van der Waals surface area contributed by atoms with Crippen molar-refractivity contribution in [3.05, 3.63) is 53.0 Å². The fourth-order valence-corrected chi connectivity index (χ4v) is 4.38. The number of methoxy groups -OCH3 is 2. The van der Waals surface area contributed by atoms with E-state index in [1.54, 1.807) is 14.2 Å². The van der Waals surface area contributed by atoms with Crippen LogP contribution in [0.2, 0.25) is 0 Å². The molecule has 0 bridgehead atoms. The van der Waals surface area contributed by atoms with Crippen LogP contribution in [0.3, 0.4) is 0 Å². The molecular formula is C25H28N4O3. The maximum atomic E-state index is 5.56. The molecule has 0 saturated carbocycles. The van der Waals surface area contributed by atoms with Crippen molar-refractivity contribution in [3.8, 4) is 11.5 Å². The minimum Gasteiger partial charge on any atom is -0.493 e. The van der Waals surface area contributed by atoms with Gasteiger partial charge in [-0.15, -0.1) is 0 Å². The number of rotatable bonds is 5. The number of ether oxygens (including phenoxy) is 3. The maximum absolute atomic E-state index is 5.56. The highest BCUT2D eigenvalue weighted by molar-refractivity contribution is 5.92. The molecule has 7 nitrogen and oxygen atoms in total. The van der Waals surface area contributed by atoms with Gasteiger partial charge in [0.05, 0.1) is 33.0 Å². The minimum atomic E-state index is 0.654. The highest BCUT2D eigenvalue weighted by atomic mass is 16.5. The quantitative estimate of drug-likeness (QED) is 0.510. The fourth-order valence-electron chi connectivity index (χ4n) is 4.38. The Hall–Kier alpha value is -3.32. The Morgan fingerprint density at radius 3 is 2.47 bits per heavy atom. The monoisotopic (exact) mass is 432 g/mol. The van der Waals surface area contributed by atoms with E-state index in [0.717, 1.165) is 41.2 Å². The second-order valence-electron chi connectivity index (χ2n) is 8.22. The summed E-state index contributed by atoms with van der Waals surface area (Å²) in [6.07, 6.45) is 0.654. The molecule has 1 N–H and O–H groups in total. The van der Waals surface area contributed by atoms with Crippen molar-refractivity contribution in [2.24, 2.45) is 0 Å². The topological polar surface area (TPSA) is 72.5 Å². The van der Waals surface area contributed by atoms with Crippen LogP contribution in [0.15, 0.2) is 30.3 Å². The lowest BCUT2D eigenvalue weighted by atomic mass is 10.1. The number of nitrogens with one attached hydrogen (secondary N) is 1. The van der Waals surface area contributed by atoms with Crippen LogP contribution < -0.4 is 14.4 Å². The molecule has 4 aromatic rings. The van der Waals surface area contributed by atoms with Crippen molar-refractivity contribution in [2.75, 3.05) is 45.4 Å². The summed E-state index contributed by atoms with van der Waals surface area (Å²) in [6.45, 7) is 7.24. The number of hydrogen-bond donors (Lipinski definition) is 1. The van der Waals surface area contributed by atoms with Crippen LogP contribution in [0.4, 0.5) is 5.82 Å². The largest absolute Gasteiger partial charge is 0.493 e. The number of anilines is 1. The lowest BCUT2D eigenvalue weighted by Gasteiger charge is -2.29. The number of fused-ring (bicyclic) bond motifs is 2. The van der Waals surface area contributed by atoms with Crippen LogP contribution >= 0.6 is 0 Å². The second-order valence-corrected chi connectivity index (χ2v) is 8.22. The number of aromatic amines is 1. The molecule has 1 aliphatic heterocycles. The molecule has 1 aliphatic rings. The van der Waals surface area contributed by atoms with E-state index in [1.807, 2.05) is 12.1 Å². The van der Waals surface area contributed by atoms with Gasteiger partial charge < -0.3 is 24.1 Å². The van der Waals surface area contributed by atoms with Gasteiger partial charge in [-0.25, -0.2) is 9.97 Å². The molecule has 1 fully saturated rings. The van der Waals surface area contributed by atoms with Gasteiger partial charge in [0.2, 0.25) is 0 Å². The van der Waals surface area contributed by atoms with Gasteiger partial charge in [-0.1, -0.05) is 6.07 Å². The molecule has 7 heteroatoms. The van der Waals surface area contributed by atoms with Crippen molar-refractivity contribution >= 4 is 27.6 Å². The molecule has 0 spiro atoms. The molecule has 0 atom stereocenters. The highest BCUT2D eigenvalue weighted by Gasteiger charge is 2.20. The molecule has 0 amide bonds. The summed E-state index contributed by atoms with van der Waals surface area (Å²) in [5, 5.41) is 2.21. The number of morpholine rings is 1. The van der Waals surface area contributed by atoms with E-state index in [2.05, 4.69) is 41.9 Å². The van der Waals surface area contributed by atoms with Crippen LogP contribution in [0.5, 0.6) is 11.5 Å². The van der Waals surface area contributed by atoms with Crippen molar-refractivity contribution in [1.82, 2.24) is 15.0 Å². The zero-order chi connectivity index (χ0) is 22.2. The van der Waals surface area contributed by atoms with Gasteiger partial charge in [0.25, 0.3) is 0 Å².